The molecule has 0 amide bonds. The van der Waals surface area contributed by atoms with Crippen LogP contribution < -0.4 is 5.73 Å². The first-order chi connectivity index (χ1) is 9.89. The van der Waals surface area contributed by atoms with Gasteiger partial charge in [-0.1, -0.05) is 12.2 Å². The molecule has 1 fully saturated rings. The lowest BCUT2D eigenvalue weighted by Gasteiger charge is -2.22. The van der Waals surface area contributed by atoms with Crippen molar-refractivity contribution >= 4 is 33.2 Å². The van der Waals surface area contributed by atoms with E-state index in [1.165, 1.54) is 25.4 Å². The molecule has 0 aliphatic carbocycles. The second-order valence-electron chi connectivity index (χ2n) is 4.51. The maximum atomic E-state index is 12.8. The van der Waals surface area contributed by atoms with Gasteiger partial charge in [-0.15, -0.1) is 0 Å². The Bertz CT molecular complexity index is 675. The van der Waals surface area contributed by atoms with E-state index in [1.54, 1.807) is 0 Å². The highest BCUT2D eigenvalue weighted by molar-refractivity contribution is 7.89. The maximum Gasteiger partial charge on any atom is 0.324 e. The molecule has 1 aliphatic rings. The molecule has 21 heavy (non-hydrogen) atoms. The molecule has 2 rings (SSSR count). The topological polar surface area (TPSA) is 103 Å². The van der Waals surface area contributed by atoms with Gasteiger partial charge in [-0.25, -0.2) is 8.42 Å². The molecular weight excluding hydrogens is 314 g/mol. The Balaban J connectivity index is 2.48. The van der Waals surface area contributed by atoms with Crippen molar-refractivity contribution < 1.29 is 17.9 Å². The summed E-state index contributed by atoms with van der Waals surface area (Å²) in [6.45, 7) is 0.244. The number of hydrogen-bond acceptors (Lipinski definition) is 6. The first-order valence-corrected chi connectivity index (χ1v) is 8.09. The number of ether oxygens (including phenoxy) is 1. The fourth-order valence-electron chi connectivity index (χ4n) is 2.31. The van der Waals surface area contributed by atoms with E-state index in [4.69, 9.17) is 18.0 Å². The number of aromatic nitrogens is 1. The third-order valence-electron chi connectivity index (χ3n) is 3.27. The zero-order chi connectivity index (χ0) is 15.6. The van der Waals surface area contributed by atoms with Crippen LogP contribution in [0.2, 0.25) is 0 Å². The Kier molecular flexibility index (Phi) is 4.55. The molecule has 1 aromatic rings. The van der Waals surface area contributed by atoms with E-state index in [0.717, 1.165) is 4.31 Å². The molecule has 0 radical (unpaired) electrons. The second-order valence-corrected chi connectivity index (χ2v) is 6.81. The Hall–Kier alpha value is -1.58. The summed E-state index contributed by atoms with van der Waals surface area (Å²) < 4.78 is 31.3. The molecule has 0 saturated carbocycles. The minimum atomic E-state index is -3.92. The summed E-state index contributed by atoms with van der Waals surface area (Å²) >= 11 is 4.84. The van der Waals surface area contributed by atoms with Crippen molar-refractivity contribution in [3.8, 4) is 0 Å². The molecule has 0 spiro atoms. The van der Waals surface area contributed by atoms with Gasteiger partial charge in [-0.3, -0.25) is 9.78 Å². The summed E-state index contributed by atoms with van der Waals surface area (Å²) in [6, 6.07) is 2.04. The minimum absolute atomic E-state index is 0.0306. The van der Waals surface area contributed by atoms with Gasteiger partial charge in [0.1, 0.15) is 21.6 Å². The molecule has 1 saturated heterocycles. The summed E-state index contributed by atoms with van der Waals surface area (Å²) in [5.41, 5.74) is 5.56. The fraction of sp³-hybridized carbons (Fsp3) is 0.417. The fourth-order valence-corrected chi connectivity index (χ4v) is 4.34. The van der Waals surface area contributed by atoms with Crippen molar-refractivity contribution in [3.63, 3.8) is 0 Å². The zero-order valence-electron chi connectivity index (χ0n) is 11.4. The van der Waals surface area contributed by atoms with Crippen molar-refractivity contribution in [1.82, 2.24) is 9.29 Å². The van der Waals surface area contributed by atoms with Gasteiger partial charge in [0.25, 0.3) is 0 Å². The van der Waals surface area contributed by atoms with Crippen LogP contribution in [-0.2, 0) is 19.6 Å². The molecule has 0 bridgehead atoms. The number of hydrogen-bond donors (Lipinski definition) is 1. The van der Waals surface area contributed by atoms with E-state index < -0.39 is 22.0 Å². The molecule has 1 aliphatic heterocycles. The number of esters is 1. The van der Waals surface area contributed by atoms with Gasteiger partial charge in [0.05, 0.1) is 7.11 Å². The van der Waals surface area contributed by atoms with Crippen LogP contribution in [0.3, 0.4) is 0 Å². The predicted octanol–water partition coefficient (Wildman–Crippen LogP) is 0.0419. The van der Waals surface area contributed by atoms with E-state index in [-0.39, 0.29) is 22.1 Å². The maximum absolute atomic E-state index is 12.8. The van der Waals surface area contributed by atoms with E-state index >= 15 is 0 Å². The van der Waals surface area contributed by atoms with Gasteiger partial charge in [-0.05, 0) is 25.0 Å². The van der Waals surface area contributed by atoms with Crippen LogP contribution >= 0.6 is 12.2 Å². The molecule has 9 heteroatoms. The van der Waals surface area contributed by atoms with Crippen molar-refractivity contribution in [2.45, 2.75) is 23.8 Å². The summed E-state index contributed by atoms with van der Waals surface area (Å²) in [4.78, 5) is 15.4. The van der Waals surface area contributed by atoms with Crippen LogP contribution in [-0.4, -0.2) is 48.4 Å². The van der Waals surface area contributed by atoms with Crippen LogP contribution in [0, 0.1) is 0 Å². The number of pyridine rings is 1. The van der Waals surface area contributed by atoms with Gasteiger partial charge in [-0.2, -0.15) is 4.31 Å². The lowest BCUT2D eigenvalue weighted by atomic mass is 10.2. The van der Waals surface area contributed by atoms with E-state index in [0.29, 0.717) is 12.8 Å². The average Bonchev–Trinajstić information content (AvgIpc) is 2.96. The highest BCUT2D eigenvalue weighted by Gasteiger charge is 2.41. The quantitative estimate of drug-likeness (QED) is 0.614. The van der Waals surface area contributed by atoms with Gasteiger partial charge < -0.3 is 10.5 Å². The molecule has 1 atom stereocenters. The Labute approximate surface area is 128 Å². The van der Waals surface area contributed by atoms with E-state index in [2.05, 4.69) is 9.72 Å². The molecule has 2 heterocycles. The van der Waals surface area contributed by atoms with E-state index in [9.17, 15) is 13.2 Å². The largest absolute Gasteiger partial charge is 0.468 e. The van der Waals surface area contributed by atoms with Crippen LogP contribution in [0.4, 0.5) is 0 Å². The number of nitrogens with zero attached hydrogens (tertiary/aromatic N) is 2. The van der Waals surface area contributed by atoms with Crippen molar-refractivity contribution in [2.75, 3.05) is 13.7 Å². The number of nitrogens with two attached hydrogens (primary N) is 1. The van der Waals surface area contributed by atoms with Gasteiger partial charge >= 0.3 is 5.97 Å². The minimum Gasteiger partial charge on any atom is -0.468 e. The van der Waals surface area contributed by atoms with E-state index in [1.807, 2.05) is 0 Å². The molecule has 0 aromatic carbocycles. The smallest absolute Gasteiger partial charge is 0.324 e. The monoisotopic (exact) mass is 329 g/mol. The van der Waals surface area contributed by atoms with Gasteiger partial charge in [0.2, 0.25) is 10.0 Å². The molecule has 1 unspecified atom stereocenters. The highest BCUT2D eigenvalue weighted by Crippen LogP contribution is 2.27. The SMILES string of the molecule is COC(=O)C1CCCN1S(=O)(=O)c1cccnc1C(N)=S. The first-order valence-electron chi connectivity index (χ1n) is 6.24. The number of methoxy groups -OCH3 is 1. The van der Waals surface area contributed by atoms with Crippen LogP contribution in [0.5, 0.6) is 0 Å². The number of thiocarbonyl (C=S) groups is 1. The average molecular weight is 329 g/mol. The summed E-state index contributed by atoms with van der Waals surface area (Å²) in [5, 5.41) is 0. The Morgan fingerprint density at radius 2 is 2.29 bits per heavy atom. The molecule has 2 N–H and O–H groups in total. The van der Waals surface area contributed by atoms with Gasteiger partial charge in [0, 0.05) is 12.7 Å². The Morgan fingerprint density at radius 1 is 1.57 bits per heavy atom. The second kappa shape index (κ2) is 6.04. The van der Waals surface area contributed by atoms with Crippen LogP contribution in [0.25, 0.3) is 0 Å². The summed E-state index contributed by atoms with van der Waals surface area (Å²) in [6.07, 6.45) is 2.42. The lowest BCUT2D eigenvalue weighted by molar-refractivity contribution is -0.144. The number of sulfonamides is 1. The zero-order valence-corrected chi connectivity index (χ0v) is 13.0. The summed E-state index contributed by atoms with van der Waals surface area (Å²) in [5.74, 6) is -0.572. The van der Waals surface area contributed by atoms with Crippen molar-refractivity contribution in [2.24, 2.45) is 5.73 Å². The first kappa shape index (κ1) is 15.8. The van der Waals surface area contributed by atoms with Crippen LogP contribution in [0.15, 0.2) is 23.2 Å². The predicted molar refractivity (Wildman–Crippen MR) is 79.1 cm³/mol. The molecule has 7 nitrogen and oxygen atoms in total. The highest BCUT2D eigenvalue weighted by atomic mass is 32.2. The normalized spacial score (nSPS) is 19.4. The summed E-state index contributed by atoms with van der Waals surface area (Å²) in [7, 11) is -2.68. The van der Waals surface area contributed by atoms with Crippen molar-refractivity contribution in [1.29, 1.82) is 0 Å². The number of carbonyl (C=O) groups excluding carboxylic acids is 1. The van der Waals surface area contributed by atoms with Gasteiger partial charge in [0.15, 0.2) is 0 Å². The molecular formula is C12H15N3O4S2. The standard InChI is InChI=1S/C12H15N3O4S2/c1-19-12(16)8-4-3-7-15(8)21(17,18)9-5-2-6-14-10(9)11(13)20/h2,5-6,8H,3-4,7H2,1H3,(H2,13,20). The third-order valence-corrected chi connectivity index (χ3v) is 5.40. The third kappa shape index (κ3) is 2.89. The Morgan fingerprint density at radius 3 is 2.90 bits per heavy atom. The number of rotatable bonds is 4. The molecule has 1 aromatic heterocycles. The van der Waals surface area contributed by atoms with Crippen molar-refractivity contribution in [3.05, 3.63) is 24.0 Å². The lowest BCUT2D eigenvalue weighted by Crippen LogP contribution is -2.41. The molecule has 114 valence electrons. The van der Waals surface area contributed by atoms with Crippen LogP contribution in [0.1, 0.15) is 18.5 Å². The number of carbonyl (C=O) groups is 1.